The lowest BCUT2D eigenvalue weighted by Crippen LogP contribution is -2.52. The van der Waals surface area contributed by atoms with E-state index in [1.165, 1.54) is 31.2 Å². The fourth-order valence-electron chi connectivity index (χ4n) is 4.64. The Morgan fingerprint density at radius 2 is 1.52 bits per heavy atom. The van der Waals surface area contributed by atoms with Crippen LogP contribution in [0.25, 0.3) is 11.1 Å². The SMILES string of the molecule is C[C@H]1CCC[C@H](N2CCN(C(=O)c3ccc(-c4ccccc4)cc3)CC2)C1. The number of piperazine rings is 1. The number of rotatable bonds is 3. The molecular formula is C24H30N2O. The molecule has 2 aliphatic rings. The second kappa shape index (κ2) is 8.26. The molecule has 1 saturated carbocycles. The number of carbonyl (C=O) groups excluding carboxylic acids is 1. The Hall–Kier alpha value is -2.13. The van der Waals surface area contributed by atoms with Gasteiger partial charge in [-0.2, -0.15) is 0 Å². The molecule has 2 aromatic rings. The number of amides is 1. The molecule has 142 valence electrons. The summed E-state index contributed by atoms with van der Waals surface area (Å²) in [6.07, 6.45) is 5.40. The van der Waals surface area contributed by atoms with Crippen LogP contribution in [0, 0.1) is 5.92 Å². The lowest BCUT2D eigenvalue weighted by Gasteiger charge is -2.42. The zero-order chi connectivity index (χ0) is 18.6. The highest BCUT2D eigenvalue weighted by Crippen LogP contribution is 2.28. The first kappa shape index (κ1) is 18.2. The van der Waals surface area contributed by atoms with Gasteiger partial charge in [0.15, 0.2) is 0 Å². The number of nitrogens with zero attached hydrogens (tertiary/aromatic N) is 2. The maximum atomic E-state index is 12.9. The Bertz CT molecular complexity index is 748. The quantitative estimate of drug-likeness (QED) is 0.791. The minimum atomic E-state index is 0.172. The van der Waals surface area contributed by atoms with Crippen LogP contribution in [-0.4, -0.2) is 47.9 Å². The number of benzene rings is 2. The first-order valence-electron chi connectivity index (χ1n) is 10.4. The lowest BCUT2D eigenvalue weighted by molar-refractivity contribution is 0.0489. The van der Waals surface area contributed by atoms with Gasteiger partial charge in [-0.3, -0.25) is 9.69 Å². The second-order valence-corrected chi connectivity index (χ2v) is 8.20. The van der Waals surface area contributed by atoms with Crippen molar-refractivity contribution >= 4 is 5.91 Å². The Morgan fingerprint density at radius 3 is 2.19 bits per heavy atom. The summed E-state index contributed by atoms with van der Waals surface area (Å²) < 4.78 is 0. The number of hydrogen-bond donors (Lipinski definition) is 0. The van der Waals surface area contributed by atoms with Crippen LogP contribution < -0.4 is 0 Å². The van der Waals surface area contributed by atoms with Gasteiger partial charge in [-0.25, -0.2) is 0 Å². The molecule has 0 radical (unpaired) electrons. The Morgan fingerprint density at radius 1 is 0.852 bits per heavy atom. The highest BCUT2D eigenvalue weighted by Gasteiger charge is 2.29. The van der Waals surface area contributed by atoms with Crippen molar-refractivity contribution < 1.29 is 4.79 Å². The molecule has 2 fully saturated rings. The van der Waals surface area contributed by atoms with Crippen molar-refractivity contribution in [3.63, 3.8) is 0 Å². The summed E-state index contributed by atoms with van der Waals surface area (Å²) in [5.41, 5.74) is 3.14. The van der Waals surface area contributed by atoms with Crippen LogP contribution in [0.1, 0.15) is 43.0 Å². The van der Waals surface area contributed by atoms with Gasteiger partial charge in [0.1, 0.15) is 0 Å². The van der Waals surface area contributed by atoms with Crippen molar-refractivity contribution in [1.82, 2.24) is 9.80 Å². The predicted molar refractivity (Wildman–Crippen MR) is 111 cm³/mol. The van der Waals surface area contributed by atoms with Crippen LogP contribution in [0.5, 0.6) is 0 Å². The molecule has 3 nitrogen and oxygen atoms in total. The van der Waals surface area contributed by atoms with E-state index in [2.05, 4.69) is 36.1 Å². The van der Waals surface area contributed by atoms with Crippen LogP contribution in [0.2, 0.25) is 0 Å². The molecule has 2 aromatic carbocycles. The van der Waals surface area contributed by atoms with Crippen molar-refractivity contribution in [2.45, 2.75) is 38.6 Å². The highest BCUT2D eigenvalue weighted by atomic mass is 16.2. The van der Waals surface area contributed by atoms with Gasteiger partial charge in [0.25, 0.3) is 5.91 Å². The van der Waals surface area contributed by atoms with Crippen LogP contribution in [-0.2, 0) is 0 Å². The van der Waals surface area contributed by atoms with Crippen LogP contribution in [0.4, 0.5) is 0 Å². The standard InChI is InChI=1S/C24H30N2O/c1-19-6-5-9-23(18-19)25-14-16-26(17-15-25)24(27)22-12-10-21(11-13-22)20-7-3-2-4-8-20/h2-4,7-8,10-13,19,23H,5-6,9,14-18H2,1H3/t19-,23-/m0/s1. The van der Waals surface area contributed by atoms with E-state index in [9.17, 15) is 4.79 Å². The summed E-state index contributed by atoms with van der Waals surface area (Å²) in [6.45, 7) is 6.12. The van der Waals surface area contributed by atoms with Gasteiger partial charge in [-0.15, -0.1) is 0 Å². The molecule has 0 N–H and O–H groups in total. The molecule has 4 rings (SSSR count). The van der Waals surface area contributed by atoms with Crippen LogP contribution in [0.3, 0.4) is 0 Å². The first-order valence-corrected chi connectivity index (χ1v) is 10.4. The maximum Gasteiger partial charge on any atom is 0.253 e. The molecule has 27 heavy (non-hydrogen) atoms. The Kier molecular flexibility index (Phi) is 5.58. The van der Waals surface area contributed by atoms with E-state index in [0.29, 0.717) is 0 Å². The van der Waals surface area contributed by atoms with E-state index in [4.69, 9.17) is 0 Å². The van der Waals surface area contributed by atoms with Crippen molar-refractivity contribution in [1.29, 1.82) is 0 Å². The van der Waals surface area contributed by atoms with Gasteiger partial charge < -0.3 is 4.90 Å². The van der Waals surface area contributed by atoms with Crippen molar-refractivity contribution in [2.75, 3.05) is 26.2 Å². The molecule has 2 atom stereocenters. The number of hydrogen-bond acceptors (Lipinski definition) is 2. The monoisotopic (exact) mass is 362 g/mol. The van der Waals surface area contributed by atoms with Gasteiger partial charge in [-0.05, 0) is 42.0 Å². The van der Waals surface area contributed by atoms with E-state index in [0.717, 1.165) is 49.3 Å². The van der Waals surface area contributed by atoms with Crippen molar-refractivity contribution in [3.05, 3.63) is 60.2 Å². The zero-order valence-electron chi connectivity index (χ0n) is 16.3. The molecule has 0 aromatic heterocycles. The fourth-order valence-corrected chi connectivity index (χ4v) is 4.64. The molecule has 0 bridgehead atoms. The minimum Gasteiger partial charge on any atom is -0.336 e. The lowest BCUT2D eigenvalue weighted by atomic mass is 9.86. The molecular weight excluding hydrogens is 332 g/mol. The van der Waals surface area contributed by atoms with Gasteiger partial charge >= 0.3 is 0 Å². The Balaban J connectivity index is 1.35. The van der Waals surface area contributed by atoms with Gasteiger partial charge in [0.2, 0.25) is 0 Å². The molecule has 1 heterocycles. The molecule has 1 aliphatic heterocycles. The minimum absolute atomic E-state index is 0.172. The molecule has 0 unspecified atom stereocenters. The van der Waals surface area contributed by atoms with E-state index in [1.807, 2.05) is 35.2 Å². The summed E-state index contributed by atoms with van der Waals surface area (Å²) in [5, 5.41) is 0. The zero-order valence-corrected chi connectivity index (χ0v) is 16.3. The summed E-state index contributed by atoms with van der Waals surface area (Å²) >= 11 is 0. The smallest absolute Gasteiger partial charge is 0.253 e. The normalized spacial score (nSPS) is 24.0. The van der Waals surface area contributed by atoms with Crippen LogP contribution >= 0.6 is 0 Å². The van der Waals surface area contributed by atoms with Gasteiger partial charge in [0, 0.05) is 37.8 Å². The summed E-state index contributed by atoms with van der Waals surface area (Å²) in [5.74, 6) is 1.03. The third-order valence-electron chi connectivity index (χ3n) is 6.27. The third-order valence-corrected chi connectivity index (χ3v) is 6.27. The second-order valence-electron chi connectivity index (χ2n) is 8.20. The Labute approximate surface area is 163 Å². The van der Waals surface area contributed by atoms with E-state index < -0.39 is 0 Å². The van der Waals surface area contributed by atoms with E-state index >= 15 is 0 Å². The average molecular weight is 363 g/mol. The average Bonchev–Trinajstić information content (AvgIpc) is 2.74. The number of carbonyl (C=O) groups is 1. The van der Waals surface area contributed by atoms with Crippen molar-refractivity contribution in [2.24, 2.45) is 5.92 Å². The van der Waals surface area contributed by atoms with E-state index in [-0.39, 0.29) is 5.91 Å². The van der Waals surface area contributed by atoms with Crippen LogP contribution in [0.15, 0.2) is 54.6 Å². The van der Waals surface area contributed by atoms with Gasteiger partial charge in [0.05, 0.1) is 0 Å². The van der Waals surface area contributed by atoms with E-state index in [1.54, 1.807) is 0 Å². The summed E-state index contributed by atoms with van der Waals surface area (Å²) in [7, 11) is 0. The molecule has 1 amide bonds. The highest BCUT2D eigenvalue weighted by molar-refractivity contribution is 5.94. The third kappa shape index (κ3) is 4.24. The topological polar surface area (TPSA) is 23.6 Å². The molecule has 0 spiro atoms. The molecule has 1 aliphatic carbocycles. The van der Waals surface area contributed by atoms with Gasteiger partial charge in [-0.1, -0.05) is 62.2 Å². The maximum absolute atomic E-state index is 12.9. The summed E-state index contributed by atoms with van der Waals surface area (Å²) in [6, 6.07) is 19.1. The molecule has 1 saturated heterocycles. The molecule has 3 heteroatoms. The summed E-state index contributed by atoms with van der Waals surface area (Å²) in [4.78, 5) is 17.5. The fraction of sp³-hybridized carbons (Fsp3) is 0.458. The largest absolute Gasteiger partial charge is 0.336 e. The predicted octanol–water partition coefficient (Wildman–Crippen LogP) is 4.69. The van der Waals surface area contributed by atoms with Crippen molar-refractivity contribution in [3.8, 4) is 11.1 Å². The first-order chi connectivity index (χ1) is 13.2.